The molecule has 1 saturated carbocycles. The van der Waals surface area contributed by atoms with Gasteiger partial charge in [0.15, 0.2) is 0 Å². The molecule has 0 aromatic carbocycles. The minimum atomic E-state index is 0.436. The molecule has 0 radical (unpaired) electrons. The highest BCUT2D eigenvalue weighted by atomic mass is 16.5. The first-order chi connectivity index (χ1) is 9.66. The van der Waals surface area contributed by atoms with Crippen molar-refractivity contribution in [2.24, 2.45) is 17.8 Å². The van der Waals surface area contributed by atoms with E-state index in [9.17, 15) is 0 Å². The predicted octanol–water partition coefficient (Wildman–Crippen LogP) is 3.91. The van der Waals surface area contributed by atoms with Crippen LogP contribution in [0, 0.1) is 17.8 Å². The van der Waals surface area contributed by atoms with Gasteiger partial charge in [-0.2, -0.15) is 0 Å². The van der Waals surface area contributed by atoms with E-state index in [4.69, 9.17) is 14.2 Å². The van der Waals surface area contributed by atoms with Gasteiger partial charge in [-0.3, -0.25) is 0 Å². The second-order valence-corrected chi connectivity index (χ2v) is 6.30. The maximum absolute atomic E-state index is 6.10. The molecular formula is C17H34O3. The standard InChI is InChI=1S/C17H34O3/c1-5-18-10-7-11-19-12-13-20-16-9-6-8-15(4)17(16)14(2)3/h14-17H,5-13H2,1-4H3. The van der Waals surface area contributed by atoms with Crippen LogP contribution < -0.4 is 0 Å². The summed E-state index contributed by atoms with van der Waals surface area (Å²) in [5.41, 5.74) is 0. The number of rotatable bonds is 10. The lowest BCUT2D eigenvalue weighted by molar-refractivity contribution is -0.0654. The average Bonchev–Trinajstić information content (AvgIpc) is 2.41. The van der Waals surface area contributed by atoms with Gasteiger partial charge in [0, 0.05) is 19.8 Å². The maximum Gasteiger partial charge on any atom is 0.0704 e. The Morgan fingerprint density at radius 3 is 2.45 bits per heavy atom. The summed E-state index contributed by atoms with van der Waals surface area (Å²) in [6, 6.07) is 0. The van der Waals surface area contributed by atoms with E-state index in [-0.39, 0.29) is 0 Å². The first kappa shape index (κ1) is 17.9. The van der Waals surface area contributed by atoms with E-state index in [0.29, 0.717) is 24.5 Å². The number of ether oxygens (including phenoxy) is 3. The number of hydrogen-bond donors (Lipinski definition) is 0. The first-order valence-corrected chi connectivity index (χ1v) is 8.43. The Kier molecular flexibility index (Phi) is 9.49. The van der Waals surface area contributed by atoms with Crippen molar-refractivity contribution in [2.45, 2.75) is 59.5 Å². The Balaban J connectivity index is 2.10. The van der Waals surface area contributed by atoms with Crippen LogP contribution in [0.2, 0.25) is 0 Å². The summed E-state index contributed by atoms with van der Waals surface area (Å²) in [6.07, 6.45) is 5.30. The zero-order valence-corrected chi connectivity index (χ0v) is 13.9. The van der Waals surface area contributed by atoms with Crippen molar-refractivity contribution in [3.05, 3.63) is 0 Å². The Bertz CT molecular complexity index is 230. The minimum Gasteiger partial charge on any atom is -0.382 e. The van der Waals surface area contributed by atoms with Crippen molar-refractivity contribution >= 4 is 0 Å². The van der Waals surface area contributed by atoms with Crippen LogP contribution in [0.1, 0.15) is 53.4 Å². The molecule has 120 valence electrons. The normalized spacial score (nSPS) is 27.1. The molecule has 0 aliphatic heterocycles. The third-order valence-electron chi connectivity index (χ3n) is 4.35. The van der Waals surface area contributed by atoms with Gasteiger partial charge in [0.05, 0.1) is 19.3 Å². The fourth-order valence-electron chi connectivity index (χ4n) is 3.44. The number of hydrogen-bond acceptors (Lipinski definition) is 3. The molecule has 0 saturated heterocycles. The van der Waals surface area contributed by atoms with E-state index < -0.39 is 0 Å². The topological polar surface area (TPSA) is 27.7 Å². The van der Waals surface area contributed by atoms with E-state index in [1.807, 2.05) is 6.92 Å². The lowest BCUT2D eigenvalue weighted by Gasteiger charge is -2.39. The van der Waals surface area contributed by atoms with Crippen molar-refractivity contribution in [1.29, 1.82) is 0 Å². The fraction of sp³-hybridized carbons (Fsp3) is 1.00. The molecular weight excluding hydrogens is 252 g/mol. The molecule has 20 heavy (non-hydrogen) atoms. The van der Waals surface area contributed by atoms with Crippen molar-refractivity contribution in [1.82, 2.24) is 0 Å². The van der Waals surface area contributed by atoms with Gasteiger partial charge >= 0.3 is 0 Å². The second-order valence-electron chi connectivity index (χ2n) is 6.30. The Hall–Kier alpha value is -0.120. The zero-order chi connectivity index (χ0) is 14.8. The smallest absolute Gasteiger partial charge is 0.0704 e. The molecule has 3 heteroatoms. The first-order valence-electron chi connectivity index (χ1n) is 8.43. The van der Waals surface area contributed by atoms with E-state index in [1.165, 1.54) is 19.3 Å². The summed E-state index contributed by atoms with van der Waals surface area (Å²) >= 11 is 0. The molecule has 0 N–H and O–H groups in total. The molecule has 3 atom stereocenters. The molecule has 0 heterocycles. The molecule has 3 nitrogen and oxygen atoms in total. The molecule has 0 amide bonds. The van der Waals surface area contributed by atoms with Crippen molar-refractivity contribution in [3.63, 3.8) is 0 Å². The van der Waals surface area contributed by atoms with Gasteiger partial charge in [0.1, 0.15) is 0 Å². The van der Waals surface area contributed by atoms with Crippen LogP contribution in [-0.4, -0.2) is 39.1 Å². The monoisotopic (exact) mass is 286 g/mol. The summed E-state index contributed by atoms with van der Waals surface area (Å²) in [7, 11) is 0. The molecule has 1 aliphatic carbocycles. The predicted molar refractivity (Wildman–Crippen MR) is 83.0 cm³/mol. The van der Waals surface area contributed by atoms with Gasteiger partial charge in [-0.25, -0.2) is 0 Å². The Morgan fingerprint density at radius 2 is 1.75 bits per heavy atom. The van der Waals surface area contributed by atoms with E-state index in [1.54, 1.807) is 0 Å². The highest BCUT2D eigenvalue weighted by molar-refractivity contribution is 4.82. The van der Waals surface area contributed by atoms with Crippen LogP contribution >= 0.6 is 0 Å². The molecule has 1 fully saturated rings. The highest BCUT2D eigenvalue weighted by Crippen LogP contribution is 2.36. The van der Waals surface area contributed by atoms with Crippen LogP contribution in [0.25, 0.3) is 0 Å². The van der Waals surface area contributed by atoms with Crippen molar-refractivity contribution in [3.8, 4) is 0 Å². The summed E-state index contributed by atoms with van der Waals surface area (Å²) in [4.78, 5) is 0. The van der Waals surface area contributed by atoms with Crippen molar-refractivity contribution in [2.75, 3.05) is 33.0 Å². The molecule has 1 rings (SSSR count). The quantitative estimate of drug-likeness (QED) is 0.570. The second kappa shape index (κ2) is 10.6. The molecule has 0 spiro atoms. The van der Waals surface area contributed by atoms with Crippen LogP contribution in [-0.2, 0) is 14.2 Å². The van der Waals surface area contributed by atoms with Gasteiger partial charge < -0.3 is 14.2 Å². The van der Waals surface area contributed by atoms with E-state index >= 15 is 0 Å². The van der Waals surface area contributed by atoms with Gasteiger partial charge in [-0.15, -0.1) is 0 Å². The molecule has 0 bridgehead atoms. The SMILES string of the molecule is CCOCCCOCCOC1CCCC(C)C1C(C)C. The lowest BCUT2D eigenvalue weighted by Crippen LogP contribution is -2.37. The summed E-state index contributed by atoms with van der Waals surface area (Å²) < 4.78 is 17.0. The largest absolute Gasteiger partial charge is 0.382 e. The van der Waals surface area contributed by atoms with Crippen LogP contribution in [0.3, 0.4) is 0 Å². The third-order valence-corrected chi connectivity index (χ3v) is 4.35. The highest BCUT2D eigenvalue weighted by Gasteiger charge is 2.33. The molecule has 0 aromatic rings. The van der Waals surface area contributed by atoms with Gasteiger partial charge in [0.25, 0.3) is 0 Å². The van der Waals surface area contributed by atoms with E-state index in [2.05, 4.69) is 20.8 Å². The van der Waals surface area contributed by atoms with Crippen LogP contribution in [0.15, 0.2) is 0 Å². The van der Waals surface area contributed by atoms with Crippen LogP contribution in [0.4, 0.5) is 0 Å². The molecule has 0 aromatic heterocycles. The molecule has 3 unspecified atom stereocenters. The third kappa shape index (κ3) is 6.55. The Morgan fingerprint density at radius 1 is 1.00 bits per heavy atom. The zero-order valence-electron chi connectivity index (χ0n) is 13.9. The van der Waals surface area contributed by atoms with E-state index in [0.717, 1.165) is 38.8 Å². The van der Waals surface area contributed by atoms with Gasteiger partial charge in [-0.1, -0.05) is 33.6 Å². The minimum absolute atomic E-state index is 0.436. The molecule has 1 aliphatic rings. The summed E-state index contributed by atoms with van der Waals surface area (Å²) in [6.45, 7) is 12.9. The lowest BCUT2D eigenvalue weighted by atomic mass is 9.72. The maximum atomic E-state index is 6.10. The average molecular weight is 286 g/mol. The van der Waals surface area contributed by atoms with Crippen LogP contribution in [0.5, 0.6) is 0 Å². The fourth-order valence-corrected chi connectivity index (χ4v) is 3.44. The van der Waals surface area contributed by atoms with Crippen molar-refractivity contribution < 1.29 is 14.2 Å². The van der Waals surface area contributed by atoms with Gasteiger partial charge in [-0.05, 0) is 37.5 Å². The van der Waals surface area contributed by atoms with Gasteiger partial charge in [0.2, 0.25) is 0 Å². The summed E-state index contributed by atoms with van der Waals surface area (Å²) in [5, 5.41) is 0. The summed E-state index contributed by atoms with van der Waals surface area (Å²) in [5.74, 6) is 2.21. The Labute approximate surface area is 125 Å².